The summed E-state index contributed by atoms with van der Waals surface area (Å²) in [7, 11) is 0. The Hall–Kier alpha value is -1.30. The second kappa shape index (κ2) is 5.24. The Balaban J connectivity index is 2.01. The lowest BCUT2D eigenvalue weighted by molar-refractivity contribution is -0.150. The molecule has 2 unspecified atom stereocenters. The molecule has 0 aliphatic carbocycles. The topological polar surface area (TPSA) is 78.9 Å². The summed E-state index contributed by atoms with van der Waals surface area (Å²) in [4.78, 5) is 25.5. The van der Waals surface area contributed by atoms with Crippen LogP contribution in [0, 0.1) is 11.3 Å². The standard InChI is InChI=1S/C14H24N2O4/c1-10(2)14(11(17)18)4-6-16(8-14)12(19)15-13(3)5-7-20-9-13/h10H,4-9H2,1-3H3,(H,15,19)(H,17,18). The molecule has 2 saturated heterocycles. The number of rotatable bonds is 3. The molecule has 2 amide bonds. The van der Waals surface area contributed by atoms with Crippen molar-refractivity contribution >= 4 is 12.0 Å². The number of hydrogen-bond donors (Lipinski definition) is 2. The van der Waals surface area contributed by atoms with Crippen LogP contribution in [0.2, 0.25) is 0 Å². The van der Waals surface area contributed by atoms with Crippen LogP contribution in [-0.4, -0.2) is 53.8 Å². The van der Waals surface area contributed by atoms with Crippen molar-refractivity contribution in [2.45, 2.75) is 39.2 Å². The van der Waals surface area contributed by atoms with Gasteiger partial charge in [-0.1, -0.05) is 13.8 Å². The van der Waals surface area contributed by atoms with Gasteiger partial charge in [0, 0.05) is 19.7 Å². The zero-order valence-corrected chi connectivity index (χ0v) is 12.4. The average molecular weight is 284 g/mol. The molecule has 20 heavy (non-hydrogen) atoms. The number of urea groups is 1. The quantitative estimate of drug-likeness (QED) is 0.819. The lowest BCUT2D eigenvalue weighted by atomic mass is 9.76. The molecular weight excluding hydrogens is 260 g/mol. The van der Waals surface area contributed by atoms with Crippen molar-refractivity contribution in [2.24, 2.45) is 11.3 Å². The summed E-state index contributed by atoms with van der Waals surface area (Å²) in [5, 5.41) is 12.5. The van der Waals surface area contributed by atoms with Crippen LogP contribution in [0.4, 0.5) is 4.79 Å². The smallest absolute Gasteiger partial charge is 0.317 e. The number of likely N-dealkylation sites (tertiary alicyclic amines) is 1. The van der Waals surface area contributed by atoms with Crippen molar-refractivity contribution in [1.29, 1.82) is 0 Å². The Morgan fingerprint density at radius 2 is 2.05 bits per heavy atom. The minimum Gasteiger partial charge on any atom is -0.481 e. The summed E-state index contributed by atoms with van der Waals surface area (Å²) in [6, 6.07) is -0.179. The van der Waals surface area contributed by atoms with Gasteiger partial charge in [-0.15, -0.1) is 0 Å². The molecule has 114 valence electrons. The lowest BCUT2D eigenvalue weighted by Crippen LogP contribution is -2.52. The highest BCUT2D eigenvalue weighted by Gasteiger charge is 2.49. The maximum Gasteiger partial charge on any atom is 0.317 e. The molecule has 0 saturated carbocycles. The van der Waals surface area contributed by atoms with Crippen molar-refractivity contribution in [1.82, 2.24) is 10.2 Å². The van der Waals surface area contributed by atoms with Gasteiger partial charge in [0.05, 0.1) is 17.6 Å². The summed E-state index contributed by atoms with van der Waals surface area (Å²) in [6.45, 7) is 7.71. The first kappa shape index (κ1) is 15.1. The van der Waals surface area contributed by atoms with Crippen LogP contribution in [0.5, 0.6) is 0 Å². The van der Waals surface area contributed by atoms with Crippen LogP contribution >= 0.6 is 0 Å². The first-order chi connectivity index (χ1) is 9.29. The van der Waals surface area contributed by atoms with E-state index in [4.69, 9.17) is 4.74 Å². The van der Waals surface area contributed by atoms with Crippen molar-refractivity contribution in [3.8, 4) is 0 Å². The third-order valence-corrected chi connectivity index (χ3v) is 4.75. The van der Waals surface area contributed by atoms with Crippen molar-refractivity contribution in [2.75, 3.05) is 26.3 Å². The Kier molecular flexibility index (Phi) is 3.95. The van der Waals surface area contributed by atoms with Gasteiger partial charge in [0.15, 0.2) is 0 Å². The summed E-state index contributed by atoms with van der Waals surface area (Å²) >= 11 is 0. The van der Waals surface area contributed by atoms with E-state index in [1.165, 1.54) is 0 Å². The molecular formula is C14H24N2O4. The van der Waals surface area contributed by atoms with Gasteiger partial charge in [0.25, 0.3) is 0 Å². The van der Waals surface area contributed by atoms with Gasteiger partial charge in [0.2, 0.25) is 0 Å². The van der Waals surface area contributed by atoms with Crippen LogP contribution in [0.3, 0.4) is 0 Å². The van der Waals surface area contributed by atoms with Gasteiger partial charge in [-0.2, -0.15) is 0 Å². The van der Waals surface area contributed by atoms with E-state index in [-0.39, 0.29) is 24.0 Å². The van der Waals surface area contributed by atoms with E-state index in [1.54, 1.807) is 4.90 Å². The van der Waals surface area contributed by atoms with Gasteiger partial charge >= 0.3 is 12.0 Å². The Bertz CT molecular complexity index is 404. The zero-order chi connectivity index (χ0) is 15.0. The summed E-state index contributed by atoms with van der Waals surface area (Å²) in [5.74, 6) is -0.804. The lowest BCUT2D eigenvalue weighted by Gasteiger charge is -2.30. The highest BCUT2D eigenvalue weighted by molar-refractivity contribution is 5.80. The fourth-order valence-electron chi connectivity index (χ4n) is 3.00. The number of carboxylic acid groups (broad SMARTS) is 1. The highest BCUT2D eigenvalue weighted by Crippen LogP contribution is 2.38. The van der Waals surface area contributed by atoms with Gasteiger partial charge in [0.1, 0.15) is 0 Å². The normalized spacial score (nSPS) is 33.7. The molecule has 2 aliphatic heterocycles. The van der Waals surface area contributed by atoms with Crippen molar-refractivity contribution in [3.63, 3.8) is 0 Å². The number of aliphatic carboxylic acids is 1. The third kappa shape index (κ3) is 2.61. The van der Waals surface area contributed by atoms with Gasteiger partial charge < -0.3 is 20.1 Å². The largest absolute Gasteiger partial charge is 0.481 e. The Morgan fingerprint density at radius 3 is 2.50 bits per heavy atom. The summed E-state index contributed by atoms with van der Waals surface area (Å²) in [5.41, 5.74) is -1.15. The first-order valence-electron chi connectivity index (χ1n) is 7.17. The van der Waals surface area contributed by atoms with Crippen molar-refractivity contribution < 1.29 is 19.4 Å². The molecule has 0 aromatic rings. The number of nitrogens with zero attached hydrogens (tertiary/aromatic N) is 1. The van der Waals surface area contributed by atoms with Crippen LogP contribution < -0.4 is 5.32 Å². The number of carbonyl (C=O) groups excluding carboxylic acids is 1. The average Bonchev–Trinajstić information content (AvgIpc) is 2.96. The van der Waals surface area contributed by atoms with E-state index in [1.807, 2.05) is 20.8 Å². The van der Waals surface area contributed by atoms with Crippen molar-refractivity contribution in [3.05, 3.63) is 0 Å². The molecule has 0 spiro atoms. The van der Waals surface area contributed by atoms with Gasteiger partial charge in [-0.25, -0.2) is 4.79 Å². The molecule has 6 heteroatoms. The van der Waals surface area contributed by atoms with Crippen LogP contribution in [0.25, 0.3) is 0 Å². The Labute approximate surface area is 119 Å². The first-order valence-corrected chi connectivity index (χ1v) is 7.17. The zero-order valence-electron chi connectivity index (χ0n) is 12.4. The van der Waals surface area contributed by atoms with E-state index in [2.05, 4.69) is 5.32 Å². The van der Waals surface area contributed by atoms with E-state index in [0.717, 1.165) is 6.42 Å². The van der Waals surface area contributed by atoms with Crippen LogP contribution in [0.1, 0.15) is 33.6 Å². The second-order valence-electron chi connectivity index (χ2n) is 6.58. The fourth-order valence-corrected chi connectivity index (χ4v) is 3.00. The molecule has 2 atom stereocenters. The highest BCUT2D eigenvalue weighted by atomic mass is 16.5. The van der Waals surface area contributed by atoms with E-state index >= 15 is 0 Å². The molecule has 2 fully saturated rings. The van der Waals surface area contributed by atoms with E-state index < -0.39 is 11.4 Å². The predicted molar refractivity (Wildman–Crippen MR) is 73.5 cm³/mol. The number of amides is 2. The Morgan fingerprint density at radius 1 is 1.35 bits per heavy atom. The third-order valence-electron chi connectivity index (χ3n) is 4.75. The number of carboxylic acids is 1. The molecule has 6 nitrogen and oxygen atoms in total. The number of nitrogens with one attached hydrogen (secondary N) is 1. The maximum absolute atomic E-state index is 12.3. The minimum absolute atomic E-state index is 0.00296. The predicted octanol–water partition coefficient (Wildman–Crippen LogP) is 1.31. The molecule has 0 radical (unpaired) electrons. The van der Waals surface area contributed by atoms with E-state index in [0.29, 0.717) is 26.2 Å². The number of ether oxygens (including phenoxy) is 1. The molecule has 2 aliphatic rings. The van der Waals surface area contributed by atoms with Crippen LogP contribution in [-0.2, 0) is 9.53 Å². The monoisotopic (exact) mass is 284 g/mol. The molecule has 0 aromatic carbocycles. The molecule has 0 aromatic heterocycles. The molecule has 2 N–H and O–H groups in total. The fraction of sp³-hybridized carbons (Fsp3) is 0.857. The minimum atomic E-state index is -0.815. The SMILES string of the molecule is CC(C)C1(C(=O)O)CCN(C(=O)NC2(C)CCOC2)C1. The summed E-state index contributed by atoms with van der Waals surface area (Å²) < 4.78 is 5.31. The van der Waals surface area contributed by atoms with E-state index in [9.17, 15) is 14.7 Å². The molecule has 2 heterocycles. The van der Waals surface area contributed by atoms with Crippen LogP contribution in [0.15, 0.2) is 0 Å². The maximum atomic E-state index is 12.3. The number of hydrogen-bond acceptors (Lipinski definition) is 3. The summed E-state index contributed by atoms with van der Waals surface area (Å²) in [6.07, 6.45) is 1.31. The second-order valence-corrected chi connectivity index (χ2v) is 6.58. The molecule has 0 bridgehead atoms. The van der Waals surface area contributed by atoms with Gasteiger partial charge in [-0.3, -0.25) is 4.79 Å². The van der Waals surface area contributed by atoms with Gasteiger partial charge in [-0.05, 0) is 25.7 Å². The molecule has 2 rings (SSSR count). The number of carbonyl (C=O) groups is 2.